The van der Waals surface area contributed by atoms with Gasteiger partial charge in [0.25, 0.3) is 0 Å². The van der Waals surface area contributed by atoms with Crippen molar-refractivity contribution >= 4 is 16.2 Å². The van der Waals surface area contributed by atoms with Crippen LogP contribution in [0.3, 0.4) is 0 Å². The molecule has 0 radical (unpaired) electrons. The Morgan fingerprint density at radius 1 is 1.25 bits per heavy atom. The average Bonchev–Trinajstić information content (AvgIpc) is 3.07. The average molecular weight is 463 g/mol. The number of nitrogens with two attached hydrogens (primary N) is 1. The molecule has 0 unspecified atom stereocenters. The number of pyridine rings is 1. The molecule has 0 aliphatic heterocycles. The highest BCUT2D eigenvalue weighted by Crippen LogP contribution is 2.29. The molecule has 2 aromatic heterocycles. The number of carbonyl (C=O) groups excluding carboxylic acids is 1. The minimum Gasteiger partial charge on any atom is -0.449 e. The van der Waals surface area contributed by atoms with E-state index in [4.69, 9.17) is 14.7 Å². The Morgan fingerprint density at radius 2 is 2.03 bits per heavy atom. The van der Waals surface area contributed by atoms with Gasteiger partial charge in [-0.1, -0.05) is 26.0 Å². The SMILES string of the molecule is CC(C)c1nc(CCOC(N)=O)n(Cc2cccnc2)c1S(=O)(=O)Oc1cccc(F)c1. The number of hydrogen-bond acceptors (Lipinski definition) is 7. The van der Waals surface area contributed by atoms with Crippen molar-refractivity contribution < 1.29 is 26.5 Å². The van der Waals surface area contributed by atoms with Gasteiger partial charge in [-0.05, 0) is 29.7 Å². The number of amides is 1. The third-order valence-corrected chi connectivity index (χ3v) is 5.76. The molecule has 3 rings (SSSR count). The lowest BCUT2D eigenvalue weighted by molar-refractivity contribution is 0.157. The van der Waals surface area contributed by atoms with Gasteiger partial charge in [-0.15, -0.1) is 0 Å². The number of imidazole rings is 1. The van der Waals surface area contributed by atoms with Crippen LogP contribution < -0.4 is 9.92 Å². The number of benzene rings is 1. The van der Waals surface area contributed by atoms with Crippen molar-refractivity contribution in [3.05, 3.63) is 71.7 Å². The summed E-state index contributed by atoms with van der Waals surface area (Å²) < 4.78 is 51.7. The van der Waals surface area contributed by atoms with E-state index in [0.29, 0.717) is 5.82 Å². The van der Waals surface area contributed by atoms with E-state index in [2.05, 4.69) is 9.97 Å². The van der Waals surface area contributed by atoms with Crippen LogP contribution in [-0.2, 0) is 27.8 Å². The second-order valence-corrected chi connectivity index (χ2v) is 8.69. The van der Waals surface area contributed by atoms with Crippen molar-refractivity contribution in [2.75, 3.05) is 6.61 Å². The van der Waals surface area contributed by atoms with Crippen molar-refractivity contribution in [3.63, 3.8) is 0 Å². The number of nitrogens with zero attached hydrogens (tertiary/aromatic N) is 3. The molecule has 0 fully saturated rings. The first-order valence-corrected chi connectivity index (χ1v) is 11.2. The van der Waals surface area contributed by atoms with Crippen molar-refractivity contribution in [2.24, 2.45) is 5.73 Å². The molecule has 0 spiro atoms. The fourth-order valence-corrected chi connectivity index (χ4v) is 4.51. The van der Waals surface area contributed by atoms with Crippen LogP contribution in [0.2, 0.25) is 0 Å². The predicted octanol–water partition coefficient (Wildman–Crippen LogP) is 2.99. The number of rotatable bonds is 9. The Hall–Kier alpha value is -3.47. The molecule has 0 aliphatic carbocycles. The largest absolute Gasteiger partial charge is 0.449 e. The molecule has 0 atom stereocenters. The molecule has 0 aliphatic rings. The zero-order valence-corrected chi connectivity index (χ0v) is 18.4. The van der Waals surface area contributed by atoms with Crippen molar-refractivity contribution in [3.8, 4) is 5.75 Å². The van der Waals surface area contributed by atoms with Crippen LogP contribution in [0.5, 0.6) is 5.75 Å². The first kappa shape index (κ1) is 23.2. The molecule has 32 heavy (non-hydrogen) atoms. The fourth-order valence-electron chi connectivity index (χ4n) is 3.10. The molecule has 1 amide bonds. The number of halogens is 1. The highest BCUT2D eigenvalue weighted by Gasteiger charge is 2.31. The summed E-state index contributed by atoms with van der Waals surface area (Å²) in [4.78, 5) is 19.5. The molecule has 3 aromatic rings. The Kier molecular flexibility index (Phi) is 7.08. The highest BCUT2D eigenvalue weighted by atomic mass is 32.2. The molecule has 2 heterocycles. The first-order valence-electron chi connectivity index (χ1n) is 9.78. The van der Waals surface area contributed by atoms with E-state index >= 15 is 0 Å². The van der Waals surface area contributed by atoms with Crippen LogP contribution in [0.4, 0.5) is 9.18 Å². The summed E-state index contributed by atoms with van der Waals surface area (Å²) in [6.07, 6.45) is 2.38. The molecule has 1 aromatic carbocycles. The monoisotopic (exact) mass is 462 g/mol. The number of carbonyl (C=O) groups is 1. The lowest BCUT2D eigenvalue weighted by Gasteiger charge is -2.14. The Bertz CT molecular complexity index is 1200. The number of primary amides is 1. The summed E-state index contributed by atoms with van der Waals surface area (Å²) in [5, 5.41) is -0.158. The van der Waals surface area contributed by atoms with E-state index in [1.165, 1.54) is 22.8 Å². The van der Waals surface area contributed by atoms with E-state index in [0.717, 1.165) is 11.6 Å². The zero-order chi connectivity index (χ0) is 23.3. The lowest BCUT2D eigenvalue weighted by Crippen LogP contribution is -2.20. The smallest absolute Gasteiger partial charge is 0.404 e. The Labute approximate surface area is 185 Å². The van der Waals surface area contributed by atoms with Gasteiger partial charge in [0.2, 0.25) is 0 Å². The Morgan fingerprint density at radius 3 is 2.66 bits per heavy atom. The van der Waals surface area contributed by atoms with Crippen LogP contribution in [0, 0.1) is 5.82 Å². The third-order valence-electron chi connectivity index (χ3n) is 4.44. The first-order chi connectivity index (χ1) is 15.2. The van der Waals surface area contributed by atoms with Gasteiger partial charge in [-0.25, -0.2) is 14.2 Å². The normalized spacial score (nSPS) is 11.5. The molecular weight excluding hydrogens is 439 g/mol. The molecule has 11 heteroatoms. The minimum absolute atomic E-state index is 0.0822. The van der Waals surface area contributed by atoms with E-state index in [1.54, 1.807) is 38.4 Å². The predicted molar refractivity (Wildman–Crippen MR) is 113 cm³/mol. The summed E-state index contributed by atoms with van der Waals surface area (Å²) in [5.74, 6) is -0.704. The number of ether oxygens (including phenoxy) is 1. The minimum atomic E-state index is -4.40. The molecule has 170 valence electrons. The van der Waals surface area contributed by atoms with E-state index in [9.17, 15) is 17.6 Å². The molecule has 0 saturated carbocycles. The number of hydrogen-bond donors (Lipinski definition) is 1. The maximum absolute atomic E-state index is 13.6. The maximum Gasteiger partial charge on any atom is 0.404 e. The summed E-state index contributed by atoms with van der Waals surface area (Å²) in [6, 6.07) is 8.37. The van der Waals surface area contributed by atoms with Gasteiger partial charge in [0, 0.05) is 24.9 Å². The quantitative estimate of drug-likeness (QED) is 0.484. The molecule has 2 N–H and O–H groups in total. The van der Waals surface area contributed by atoms with Crippen LogP contribution in [0.15, 0.2) is 53.8 Å². The van der Waals surface area contributed by atoms with Crippen LogP contribution >= 0.6 is 0 Å². The topological polar surface area (TPSA) is 126 Å². The summed E-state index contributed by atoms with van der Waals surface area (Å²) in [7, 11) is -4.40. The van der Waals surface area contributed by atoms with Crippen molar-refractivity contribution in [1.29, 1.82) is 0 Å². The second-order valence-electron chi connectivity index (χ2n) is 7.23. The fraction of sp³-hybridized carbons (Fsp3) is 0.286. The molecular formula is C21H23FN4O5S. The van der Waals surface area contributed by atoms with Crippen LogP contribution in [-0.4, -0.2) is 35.7 Å². The van der Waals surface area contributed by atoms with Crippen molar-refractivity contribution in [1.82, 2.24) is 14.5 Å². The van der Waals surface area contributed by atoms with Gasteiger partial charge in [-0.3, -0.25) is 4.98 Å². The standard InChI is InChI=1S/C21H23FN4O5S/c1-14(2)19-20(32(28,29)31-17-7-3-6-16(22)11-17)26(13-15-5-4-9-24-12-15)18(25-19)8-10-30-21(23)27/h3-7,9,11-12,14H,8,10,13H2,1-2H3,(H2,23,27). The lowest BCUT2D eigenvalue weighted by atomic mass is 10.1. The molecule has 0 bridgehead atoms. The van der Waals surface area contributed by atoms with Crippen LogP contribution in [0.1, 0.15) is 36.8 Å². The molecule has 9 nitrogen and oxygen atoms in total. The van der Waals surface area contributed by atoms with E-state index in [-0.39, 0.29) is 42.0 Å². The van der Waals surface area contributed by atoms with Gasteiger partial charge < -0.3 is 19.2 Å². The maximum atomic E-state index is 13.6. The zero-order valence-electron chi connectivity index (χ0n) is 17.6. The van der Waals surface area contributed by atoms with Gasteiger partial charge in [0.15, 0.2) is 5.03 Å². The van der Waals surface area contributed by atoms with Crippen LogP contribution in [0.25, 0.3) is 0 Å². The van der Waals surface area contributed by atoms with E-state index < -0.39 is 22.0 Å². The summed E-state index contributed by atoms with van der Waals surface area (Å²) in [6.45, 7) is 3.63. The summed E-state index contributed by atoms with van der Waals surface area (Å²) in [5.41, 5.74) is 6.02. The highest BCUT2D eigenvalue weighted by molar-refractivity contribution is 7.87. The Balaban J connectivity index is 2.10. The number of aromatic nitrogens is 3. The van der Waals surface area contributed by atoms with Gasteiger partial charge in [0.1, 0.15) is 24.0 Å². The second kappa shape index (κ2) is 9.77. The van der Waals surface area contributed by atoms with Crippen molar-refractivity contribution in [2.45, 2.75) is 37.8 Å². The van der Waals surface area contributed by atoms with Gasteiger partial charge >= 0.3 is 16.2 Å². The van der Waals surface area contributed by atoms with Gasteiger partial charge in [0.05, 0.1) is 12.2 Å². The third kappa shape index (κ3) is 5.61. The molecule has 0 saturated heterocycles. The van der Waals surface area contributed by atoms with Gasteiger partial charge in [-0.2, -0.15) is 8.42 Å². The van der Waals surface area contributed by atoms with E-state index in [1.807, 2.05) is 0 Å². The summed E-state index contributed by atoms with van der Waals surface area (Å²) >= 11 is 0.